The van der Waals surface area contributed by atoms with Gasteiger partial charge in [0.25, 0.3) is 0 Å². The van der Waals surface area contributed by atoms with Crippen molar-refractivity contribution in [3.8, 4) is 0 Å². The third-order valence-electron chi connectivity index (χ3n) is 1.96. The molecule has 10 heavy (non-hydrogen) atoms. The summed E-state index contributed by atoms with van der Waals surface area (Å²) in [5.41, 5.74) is 0. The molecule has 2 atom stereocenters. The topological polar surface area (TPSA) is 12.5 Å². The van der Waals surface area contributed by atoms with E-state index in [0.717, 1.165) is 0 Å². The van der Waals surface area contributed by atoms with Crippen LogP contribution in [0.25, 0.3) is 0 Å². The molecule has 1 rings (SSSR count). The Kier molecular flexibility index (Phi) is 3.20. The van der Waals surface area contributed by atoms with E-state index in [1.165, 1.54) is 25.7 Å². The van der Waals surface area contributed by atoms with E-state index in [0.29, 0.717) is 12.2 Å². The molecule has 0 spiro atoms. The van der Waals surface area contributed by atoms with Gasteiger partial charge in [-0.05, 0) is 19.8 Å². The molecular weight excluding hydrogens is 124 g/mol. The van der Waals surface area contributed by atoms with Crippen molar-refractivity contribution >= 4 is 0 Å². The lowest BCUT2D eigenvalue weighted by Gasteiger charge is -1.94. The first-order chi connectivity index (χ1) is 4.84. The van der Waals surface area contributed by atoms with Gasteiger partial charge in [0.05, 0.1) is 12.2 Å². The zero-order chi connectivity index (χ0) is 7.40. The Labute approximate surface area is 63.8 Å². The molecule has 0 aliphatic carbocycles. The minimum atomic E-state index is 0.497. The Morgan fingerprint density at radius 2 is 2.10 bits per heavy atom. The second-order valence-corrected chi connectivity index (χ2v) is 3.04. The summed E-state index contributed by atoms with van der Waals surface area (Å²) in [6.45, 7) is 4.36. The molecule has 0 aromatic heterocycles. The largest absolute Gasteiger partial charge is 0.370 e. The summed E-state index contributed by atoms with van der Waals surface area (Å²) < 4.78 is 5.24. The molecule has 59 valence electrons. The number of epoxide rings is 1. The van der Waals surface area contributed by atoms with Crippen LogP contribution in [0.15, 0.2) is 0 Å². The van der Waals surface area contributed by atoms with Gasteiger partial charge in [-0.1, -0.05) is 26.2 Å². The zero-order valence-corrected chi connectivity index (χ0v) is 6.97. The molecular formula is C9H17O. The fourth-order valence-electron chi connectivity index (χ4n) is 1.13. The van der Waals surface area contributed by atoms with Crippen LogP contribution in [0, 0.1) is 6.42 Å². The highest BCUT2D eigenvalue weighted by molar-refractivity contribution is 4.92. The molecule has 0 N–H and O–H groups in total. The molecule has 1 heteroatoms. The molecule has 1 heterocycles. The second kappa shape index (κ2) is 3.97. The first-order valence-electron chi connectivity index (χ1n) is 4.33. The van der Waals surface area contributed by atoms with Crippen LogP contribution < -0.4 is 0 Å². The molecule has 0 bridgehead atoms. The minimum Gasteiger partial charge on any atom is -0.370 e. The molecule has 1 radical (unpaired) electrons. The molecule has 1 aliphatic rings. The lowest BCUT2D eigenvalue weighted by molar-refractivity contribution is 0.389. The SMILES string of the molecule is CCCCC[CH]C1OC1C. The van der Waals surface area contributed by atoms with Gasteiger partial charge < -0.3 is 4.74 Å². The number of hydrogen-bond donors (Lipinski definition) is 0. The normalized spacial score (nSPS) is 30.6. The molecule has 1 saturated heterocycles. The first kappa shape index (κ1) is 8.06. The predicted molar refractivity (Wildman–Crippen MR) is 42.8 cm³/mol. The summed E-state index contributed by atoms with van der Waals surface area (Å²) in [7, 11) is 0. The molecule has 1 nitrogen and oxygen atoms in total. The van der Waals surface area contributed by atoms with Crippen molar-refractivity contribution in [3.05, 3.63) is 6.42 Å². The monoisotopic (exact) mass is 141 g/mol. The van der Waals surface area contributed by atoms with Crippen LogP contribution in [0.5, 0.6) is 0 Å². The average Bonchev–Trinajstić information content (AvgIpc) is 2.60. The fraction of sp³-hybridized carbons (Fsp3) is 0.889. The maximum Gasteiger partial charge on any atom is 0.0870 e. The molecule has 0 amide bonds. The van der Waals surface area contributed by atoms with Crippen molar-refractivity contribution in [2.45, 2.75) is 51.7 Å². The molecule has 2 unspecified atom stereocenters. The Balaban J connectivity index is 1.78. The van der Waals surface area contributed by atoms with Crippen molar-refractivity contribution in [1.29, 1.82) is 0 Å². The molecule has 0 aromatic rings. The number of rotatable bonds is 5. The molecule has 0 aromatic carbocycles. The van der Waals surface area contributed by atoms with Crippen molar-refractivity contribution in [1.82, 2.24) is 0 Å². The fourth-order valence-corrected chi connectivity index (χ4v) is 1.13. The summed E-state index contributed by atoms with van der Waals surface area (Å²) in [6.07, 6.45) is 8.57. The van der Waals surface area contributed by atoms with E-state index in [2.05, 4.69) is 20.3 Å². The van der Waals surface area contributed by atoms with Crippen LogP contribution in [0.4, 0.5) is 0 Å². The van der Waals surface area contributed by atoms with Crippen molar-refractivity contribution in [3.63, 3.8) is 0 Å². The second-order valence-electron chi connectivity index (χ2n) is 3.04. The number of ether oxygens (including phenoxy) is 1. The Morgan fingerprint density at radius 3 is 2.60 bits per heavy atom. The highest BCUT2D eigenvalue weighted by atomic mass is 16.6. The Hall–Kier alpha value is -0.0400. The van der Waals surface area contributed by atoms with Crippen LogP contribution in [0.2, 0.25) is 0 Å². The smallest absolute Gasteiger partial charge is 0.0870 e. The van der Waals surface area contributed by atoms with Gasteiger partial charge >= 0.3 is 0 Å². The average molecular weight is 141 g/mol. The minimum absolute atomic E-state index is 0.497. The van der Waals surface area contributed by atoms with Crippen LogP contribution in [0.3, 0.4) is 0 Å². The Bertz CT molecular complexity index is 90.7. The number of hydrogen-bond acceptors (Lipinski definition) is 1. The van der Waals surface area contributed by atoms with Gasteiger partial charge in [0.1, 0.15) is 0 Å². The van der Waals surface area contributed by atoms with E-state index in [1.807, 2.05) is 0 Å². The van der Waals surface area contributed by atoms with Gasteiger partial charge in [-0.15, -0.1) is 0 Å². The van der Waals surface area contributed by atoms with Gasteiger partial charge in [0.2, 0.25) is 0 Å². The summed E-state index contributed by atoms with van der Waals surface area (Å²) >= 11 is 0. The Morgan fingerprint density at radius 1 is 1.40 bits per heavy atom. The van der Waals surface area contributed by atoms with E-state index in [1.54, 1.807) is 0 Å². The van der Waals surface area contributed by atoms with E-state index >= 15 is 0 Å². The van der Waals surface area contributed by atoms with Gasteiger partial charge in [-0.3, -0.25) is 0 Å². The zero-order valence-electron chi connectivity index (χ0n) is 6.97. The van der Waals surface area contributed by atoms with Crippen LogP contribution >= 0.6 is 0 Å². The van der Waals surface area contributed by atoms with E-state index < -0.39 is 0 Å². The van der Waals surface area contributed by atoms with Crippen LogP contribution in [-0.4, -0.2) is 12.2 Å². The lowest BCUT2D eigenvalue weighted by atomic mass is 10.1. The standard InChI is InChI=1S/C9H17O/c1-3-4-5-6-7-9-8(2)10-9/h7-9H,3-6H2,1-2H3. The van der Waals surface area contributed by atoms with Crippen molar-refractivity contribution in [2.75, 3.05) is 0 Å². The van der Waals surface area contributed by atoms with Crippen molar-refractivity contribution < 1.29 is 4.74 Å². The third kappa shape index (κ3) is 2.70. The van der Waals surface area contributed by atoms with E-state index in [9.17, 15) is 0 Å². The number of unbranched alkanes of at least 4 members (excludes halogenated alkanes) is 3. The molecule has 1 aliphatic heterocycles. The highest BCUT2D eigenvalue weighted by Gasteiger charge is 2.32. The third-order valence-corrected chi connectivity index (χ3v) is 1.96. The summed E-state index contributed by atoms with van der Waals surface area (Å²) in [5, 5.41) is 0. The van der Waals surface area contributed by atoms with Gasteiger partial charge in [-0.25, -0.2) is 0 Å². The summed E-state index contributed by atoms with van der Waals surface area (Å²) in [4.78, 5) is 0. The van der Waals surface area contributed by atoms with E-state index in [4.69, 9.17) is 4.74 Å². The maximum absolute atomic E-state index is 5.24. The summed E-state index contributed by atoms with van der Waals surface area (Å²) in [6, 6.07) is 0. The summed E-state index contributed by atoms with van der Waals surface area (Å²) in [5.74, 6) is 0. The lowest BCUT2D eigenvalue weighted by Crippen LogP contribution is -1.90. The van der Waals surface area contributed by atoms with Crippen LogP contribution in [0.1, 0.15) is 39.5 Å². The maximum atomic E-state index is 5.24. The van der Waals surface area contributed by atoms with Gasteiger partial charge in [0.15, 0.2) is 0 Å². The first-order valence-corrected chi connectivity index (χ1v) is 4.33. The quantitative estimate of drug-likeness (QED) is 0.423. The highest BCUT2D eigenvalue weighted by Crippen LogP contribution is 2.25. The van der Waals surface area contributed by atoms with Gasteiger partial charge in [-0.2, -0.15) is 0 Å². The van der Waals surface area contributed by atoms with Crippen molar-refractivity contribution in [2.24, 2.45) is 0 Å². The van der Waals surface area contributed by atoms with Crippen LogP contribution in [-0.2, 0) is 4.74 Å². The molecule has 0 saturated carbocycles. The van der Waals surface area contributed by atoms with E-state index in [-0.39, 0.29) is 0 Å². The van der Waals surface area contributed by atoms with Gasteiger partial charge in [0, 0.05) is 0 Å². The predicted octanol–water partition coefficient (Wildman–Crippen LogP) is 2.56. The molecule has 1 fully saturated rings.